The lowest BCUT2D eigenvalue weighted by atomic mass is 10.0. The zero-order valence-electron chi connectivity index (χ0n) is 11.9. The molecule has 1 N–H and O–H groups in total. The Kier molecular flexibility index (Phi) is 2.45. The van der Waals surface area contributed by atoms with E-state index in [-0.39, 0.29) is 5.91 Å². The van der Waals surface area contributed by atoms with Gasteiger partial charge in [0.25, 0.3) is 0 Å². The first kappa shape index (κ1) is 12.0. The van der Waals surface area contributed by atoms with E-state index in [9.17, 15) is 4.79 Å². The van der Waals surface area contributed by atoms with E-state index < -0.39 is 0 Å². The van der Waals surface area contributed by atoms with Crippen molar-refractivity contribution in [2.75, 3.05) is 11.9 Å². The first-order chi connectivity index (χ1) is 9.65. The first-order valence-electron chi connectivity index (χ1n) is 7.32. The van der Waals surface area contributed by atoms with E-state index in [2.05, 4.69) is 34.7 Å². The minimum Gasteiger partial charge on any atom is -0.333 e. The predicted octanol–water partition coefficient (Wildman–Crippen LogP) is 2.36. The minimum absolute atomic E-state index is 0.0923. The first-order valence-corrected chi connectivity index (χ1v) is 7.32. The van der Waals surface area contributed by atoms with Crippen molar-refractivity contribution in [3.05, 3.63) is 29.5 Å². The Morgan fingerprint density at radius 2 is 2.10 bits per heavy atom. The van der Waals surface area contributed by atoms with Crippen LogP contribution in [-0.2, 0) is 24.3 Å². The third kappa shape index (κ3) is 1.54. The van der Waals surface area contributed by atoms with Crippen LogP contribution in [0.5, 0.6) is 0 Å². The minimum atomic E-state index is 0.0923. The molecule has 0 spiro atoms. The summed E-state index contributed by atoms with van der Waals surface area (Å²) in [5.74, 6) is 0.0923. The van der Waals surface area contributed by atoms with Gasteiger partial charge in [-0.2, -0.15) is 0 Å². The summed E-state index contributed by atoms with van der Waals surface area (Å²) in [6, 6.07) is 6.80. The lowest BCUT2D eigenvalue weighted by Crippen LogP contribution is -2.36. The summed E-state index contributed by atoms with van der Waals surface area (Å²) < 4.78 is 2.23. The molecule has 0 atom stereocenters. The normalized spacial score (nSPS) is 18.4. The van der Waals surface area contributed by atoms with Crippen LogP contribution in [0.4, 0.5) is 5.69 Å². The van der Waals surface area contributed by atoms with E-state index in [1.165, 1.54) is 22.2 Å². The maximum absolute atomic E-state index is 11.9. The Hall–Kier alpha value is -1.81. The number of anilines is 1. The molecule has 4 rings (SSSR count). The highest BCUT2D eigenvalue weighted by Crippen LogP contribution is 2.37. The number of aromatic nitrogens is 1. The van der Waals surface area contributed by atoms with E-state index in [1.807, 2.05) is 12.1 Å². The maximum Gasteiger partial charge on any atom is 0.244 e. The van der Waals surface area contributed by atoms with E-state index >= 15 is 0 Å². The number of benzene rings is 1. The van der Waals surface area contributed by atoms with Crippen LogP contribution in [0.25, 0.3) is 10.9 Å². The molecule has 1 aromatic carbocycles. The van der Waals surface area contributed by atoms with Gasteiger partial charge in [-0.3, -0.25) is 9.69 Å². The highest BCUT2D eigenvalue weighted by molar-refractivity contribution is 6.06. The second kappa shape index (κ2) is 4.09. The molecule has 4 heteroatoms. The number of amides is 1. The molecule has 2 aliphatic heterocycles. The van der Waals surface area contributed by atoms with Crippen LogP contribution in [0.3, 0.4) is 0 Å². The van der Waals surface area contributed by atoms with Gasteiger partial charge < -0.3 is 9.88 Å². The van der Waals surface area contributed by atoms with Gasteiger partial charge in [0, 0.05) is 36.6 Å². The van der Waals surface area contributed by atoms with Crippen LogP contribution in [0, 0.1) is 0 Å². The van der Waals surface area contributed by atoms with Crippen LogP contribution in [0.2, 0.25) is 0 Å². The number of carbonyl (C=O) groups is 1. The molecule has 0 unspecified atom stereocenters. The molecule has 2 aliphatic rings. The van der Waals surface area contributed by atoms with Crippen LogP contribution in [0.1, 0.15) is 25.1 Å². The van der Waals surface area contributed by atoms with Gasteiger partial charge in [-0.05, 0) is 25.5 Å². The van der Waals surface area contributed by atoms with Crippen molar-refractivity contribution in [1.29, 1.82) is 0 Å². The summed E-state index contributed by atoms with van der Waals surface area (Å²) in [6.45, 7) is 7.04. The summed E-state index contributed by atoms with van der Waals surface area (Å²) in [5.41, 5.74) is 4.95. The van der Waals surface area contributed by atoms with Gasteiger partial charge in [0.1, 0.15) is 6.54 Å². The number of rotatable bonds is 1. The molecule has 2 aromatic rings. The Morgan fingerprint density at radius 1 is 1.25 bits per heavy atom. The molecular weight excluding hydrogens is 250 g/mol. The SMILES string of the molecule is CC(C)N1CCc2c(c3cccc4c3n2CC(=O)N4)C1. The molecule has 0 aliphatic carbocycles. The Morgan fingerprint density at radius 3 is 2.90 bits per heavy atom. The summed E-state index contributed by atoms with van der Waals surface area (Å²) in [6.07, 6.45) is 1.04. The largest absolute Gasteiger partial charge is 0.333 e. The third-order valence-electron chi connectivity index (χ3n) is 4.61. The number of hydrogen-bond donors (Lipinski definition) is 1. The van der Waals surface area contributed by atoms with Crippen molar-refractivity contribution < 1.29 is 4.79 Å². The lowest BCUT2D eigenvalue weighted by Gasteiger charge is -2.31. The van der Waals surface area contributed by atoms with E-state index in [0.29, 0.717) is 12.6 Å². The predicted molar refractivity (Wildman–Crippen MR) is 79.8 cm³/mol. The zero-order valence-corrected chi connectivity index (χ0v) is 11.9. The second-order valence-electron chi connectivity index (χ2n) is 6.08. The highest BCUT2D eigenvalue weighted by atomic mass is 16.2. The average molecular weight is 269 g/mol. The molecule has 0 radical (unpaired) electrons. The van der Waals surface area contributed by atoms with Gasteiger partial charge in [-0.15, -0.1) is 0 Å². The molecule has 20 heavy (non-hydrogen) atoms. The second-order valence-corrected chi connectivity index (χ2v) is 6.08. The van der Waals surface area contributed by atoms with E-state index in [4.69, 9.17) is 0 Å². The number of nitrogens with one attached hydrogen (secondary N) is 1. The quantitative estimate of drug-likeness (QED) is 0.863. The Labute approximate surface area is 118 Å². The van der Waals surface area contributed by atoms with Gasteiger partial charge in [0.2, 0.25) is 5.91 Å². The molecule has 1 amide bonds. The van der Waals surface area contributed by atoms with Gasteiger partial charge in [0.15, 0.2) is 0 Å². The topological polar surface area (TPSA) is 37.3 Å². The summed E-state index contributed by atoms with van der Waals surface area (Å²) in [7, 11) is 0. The fourth-order valence-corrected chi connectivity index (χ4v) is 3.57. The van der Waals surface area contributed by atoms with Crippen LogP contribution in [0.15, 0.2) is 18.2 Å². The number of hydrogen-bond acceptors (Lipinski definition) is 2. The number of para-hydroxylation sites is 1. The van der Waals surface area contributed by atoms with Crippen molar-refractivity contribution in [3.63, 3.8) is 0 Å². The number of fused-ring (bicyclic) bond motifs is 3. The van der Waals surface area contributed by atoms with E-state index in [1.54, 1.807) is 0 Å². The molecule has 4 nitrogen and oxygen atoms in total. The Bertz CT molecular complexity index is 714. The highest BCUT2D eigenvalue weighted by Gasteiger charge is 2.29. The molecule has 104 valence electrons. The molecular formula is C16H19N3O. The molecule has 0 fully saturated rings. The Balaban J connectivity index is 1.95. The van der Waals surface area contributed by atoms with Crippen molar-refractivity contribution in [3.8, 4) is 0 Å². The van der Waals surface area contributed by atoms with E-state index in [0.717, 1.165) is 25.2 Å². The summed E-state index contributed by atoms with van der Waals surface area (Å²) >= 11 is 0. The fourth-order valence-electron chi connectivity index (χ4n) is 3.57. The van der Waals surface area contributed by atoms with Crippen LogP contribution < -0.4 is 5.32 Å². The monoisotopic (exact) mass is 269 g/mol. The van der Waals surface area contributed by atoms with Gasteiger partial charge in [0.05, 0.1) is 11.2 Å². The van der Waals surface area contributed by atoms with Gasteiger partial charge in [-0.1, -0.05) is 12.1 Å². The number of nitrogens with zero attached hydrogens (tertiary/aromatic N) is 2. The smallest absolute Gasteiger partial charge is 0.244 e. The van der Waals surface area contributed by atoms with Crippen molar-refractivity contribution in [2.45, 2.75) is 39.4 Å². The van der Waals surface area contributed by atoms with Crippen molar-refractivity contribution >= 4 is 22.5 Å². The molecule has 0 saturated carbocycles. The molecule has 0 saturated heterocycles. The summed E-state index contributed by atoms with van der Waals surface area (Å²) in [5, 5.41) is 4.30. The maximum atomic E-state index is 11.9. The number of carbonyl (C=O) groups excluding carboxylic acids is 1. The standard InChI is InChI=1S/C16H19N3O/c1-10(2)18-7-6-14-12(8-18)11-4-3-5-13-16(11)19(14)9-15(20)17-13/h3-5,10H,6-9H2,1-2H3,(H,17,20). The molecule has 0 bridgehead atoms. The third-order valence-corrected chi connectivity index (χ3v) is 4.61. The van der Waals surface area contributed by atoms with Crippen LogP contribution >= 0.6 is 0 Å². The lowest BCUT2D eigenvalue weighted by molar-refractivity contribution is -0.116. The van der Waals surface area contributed by atoms with Crippen molar-refractivity contribution in [2.24, 2.45) is 0 Å². The van der Waals surface area contributed by atoms with Gasteiger partial charge >= 0.3 is 0 Å². The van der Waals surface area contributed by atoms with Crippen LogP contribution in [-0.4, -0.2) is 28.0 Å². The van der Waals surface area contributed by atoms with Crippen molar-refractivity contribution in [1.82, 2.24) is 9.47 Å². The average Bonchev–Trinajstić information content (AvgIpc) is 2.74. The van der Waals surface area contributed by atoms with Gasteiger partial charge in [-0.25, -0.2) is 0 Å². The zero-order chi connectivity index (χ0) is 13.9. The fraction of sp³-hybridized carbons (Fsp3) is 0.438. The molecule has 1 aromatic heterocycles. The molecule has 3 heterocycles. The summed E-state index contributed by atoms with van der Waals surface area (Å²) in [4.78, 5) is 14.4.